The number of aliphatic hydroxyl groups is 2. The second-order valence-corrected chi connectivity index (χ2v) is 4.55. The van der Waals surface area contributed by atoms with Gasteiger partial charge in [-0.25, -0.2) is 4.98 Å². The number of rotatable bonds is 4. The standard InChI is InChI=1S/C6H7F3N2O2S2/c7-6(8,9)4-10-5(15-11-4)14-2-3(13)1-12/h3,12-13H,1-2H2. The van der Waals surface area contributed by atoms with Crippen molar-refractivity contribution in [3.05, 3.63) is 5.82 Å². The van der Waals surface area contributed by atoms with Crippen molar-refractivity contribution in [2.45, 2.75) is 16.6 Å². The van der Waals surface area contributed by atoms with Gasteiger partial charge in [-0.3, -0.25) is 0 Å². The first-order valence-corrected chi connectivity index (χ1v) is 5.52. The van der Waals surface area contributed by atoms with E-state index in [1.165, 1.54) is 0 Å². The quantitative estimate of drug-likeness (QED) is 0.791. The Morgan fingerprint density at radius 1 is 1.47 bits per heavy atom. The smallest absolute Gasteiger partial charge is 0.394 e. The van der Waals surface area contributed by atoms with Gasteiger partial charge in [0, 0.05) is 5.75 Å². The summed E-state index contributed by atoms with van der Waals surface area (Å²) in [7, 11) is 0. The minimum absolute atomic E-state index is 0.0863. The molecule has 0 amide bonds. The highest BCUT2D eigenvalue weighted by Gasteiger charge is 2.36. The lowest BCUT2D eigenvalue weighted by Gasteiger charge is -2.03. The summed E-state index contributed by atoms with van der Waals surface area (Å²) >= 11 is 1.54. The predicted molar refractivity (Wildman–Crippen MR) is 48.7 cm³/mol. The fourth-order valence-corrected chi connectivity index (χ4v) is 2.16. The van der Waals surface area contributed by atoms with E-state index < -0.39 is 24.7 Å². The lowest BCUT2D eigenvalue weighted by molar-refractivity contribution is -0.144. The molecule has 1 rings (SSSR count). The summed E-state index contributed by atoms with van der Waals surface area (Å²) in [5, 5.41) is 17.4. The summed E-state index contributed by atoms with van der Waals surface area (Å²) in [6, 6.07) is 0. The summed E-state index contributed by atoms with van der Waals surface area (Å²) in [4.78, 5) is 3.24. The van der Waals surface area contributed by atoms with Crippen LogP contribution >= 0.6 is 23.3 Å². The van der Waals surface area contributed by atoms with Gasteiger partial charge in [-0.2, -0.15) is 17.5 Å². The van der Waals surface area contributed by atoms with Crippen molar-refractivity contribution >= 4 is 23.3 Å². The molecular weight excluding hydrogens is 253 g/mol. The molecule has 0 saturated heterocycles. The Labute approximate surface area is 91.3 Å². The van der Waals surface area contributed by atoms with Gasteiger partial charge in [0.25, 0.3) is 0 Å². The van der Waals surface area contributed by atoms with Gasteiger partial charge in [0.1, 0.15) is 0 Å². The minimum atomic E-state index is -4.54. The Kier molecular flexibility index (Phi) is 4.32. The number of thioether (sulfide) groups is 1. The Morgan fingerprint density at radius 3 is 2.60 bits per heavy atom. The summed E-state index contributed by atoms with van der Waals surface area (Å²) in [5.74, 6) is -1.09. The van der Waals surface area contributed by atoms with Crippen LogP contribution < -0.4 is 0 Å². The zero-order chi connectivity index (χ0) is 11.5. The number of halogens is 3. The summed E-state index contributed by atoms with van der Waals surface area (Å²) < 4.78 is 39.4. The number of hydrogen-bond donors (Lipinski definition) is 2. The van der Waals surface area contributed by atoms with E-state index in [9.17, 15) is 13.2 Å². The largest absolute Gasteiger partial charge is 0.452 e. The lowest BCUT2D eigenvalue weighted by atomic mass is 10.4. The van der Waals surface area contributed by atoms with Crippen LogP contribution in [0.3, 0.4) is 0 Å². The molecule has 0 aliphatic heterocycles. The van der Waals surface area contributed by atoms with Crippen LogP contribution in [0.5, 0.6) is 0 Å². The molecule has 0 fully saturated rings. The first-order valence-electron chi connectivity index (χ1n) is 3.76. The third-order valence-electron chi connectivity index (χ3n) is 1.27. The second kappa shape index (κ2) is 5.10. The van der Waals surface area contributed by atoms with E-state index in [1.54, 1.807) is 0 Å². The lowest BCUT2D eigenvalue weighted by Crippen LogP contribution is -2.14. The van der Waals surface area contributed by atoms with Gasteiger partial charge in [0.05, 0.1) is 12.7 Å². The van der Waals surface area contributed by atoms with Crippen LogP contribution in [0.1, 0.15) is 5.82 Å². The molecule has 0 radical (unpaired) electrons. The molecule has 1 unspecified atom stereocenters. The molecule has 0 aliphatic carbocycles. The highest BCUT2D eigenvalue weighted by atomic mass is 32.2. The van der Waals surface area contributed by atoms with Crippen LogP contribution in [0.4, 0.5) is 13.2 Å². The molecule has 2 N–H and O–H groups in total. The number of aromatic nitrogens is 2. The monoisotopic (exact) mass is 260 g/mol. The minimum Gasteiger partial charge on any atom is -0.394 e. The Morgan fingerprint density at radius 2 is 2.13 bits per heavy atom. The first kappa shape index (κ1) is 12.7. The molecule has 9 heteroatoms. The fraction of sp³-hybridized carbons (Fsp3) is 0.667. The van der Waals surface area contributed by atoms with Crippen molar-refractivity contribution in [2.75, 3.05) is 12.4 Å². The average Bonchev–Trinajstić information content (AvgIpc) is 2.61. The molecule has 1 aromatic rings. The maximum atomic E-state index is 12.0. The summed E-state index contributed by atoms with van der Waals surface area (Å²) in [6.07, 6.45) is -5.50. The van der Waals surface area contributed by atoms with Gasteiger partial charge in [0.15, 0.2) is 4.34 Å². The number of aliphatic hydroxyl groups excluding tert-OH is 2. The molecule has 15 heavy (non-hydrogen) atoms. The fourth-order valence-electron chi connectivity index (χ4n) is 0.604. The number of alkyl halides is 3. The summed E-state index contributed by atoms with van der Waals surface area (Å²) in [5.41, 5.74) is 0. The summed E-state index contributed by atoms with van der Waals surface area (Å²) in [6.45, 7) is -0.433. The third kappa shape index (κ3) is 3.93. The van der Waals surface area contributed by atoms with E-state index in [0.29, 0.717) is 11.5 Å². The van der Waals surface area contributed by atoms with Crippen LogP contribution in [0, 0.1) is 0 Å². The zero-order valence-corrected chi connectivity index (χ0v) is 8.86. The Bertz CT molecular complexity index is 318. The van der Waals surface area contributed by atoms with Crippen molar-refractivity contribution in [1.82, 2.24) is 9.36 Å². The van der Waals surface area contributed by atoms with Crippen LogP contribution in [0.2, 0.25) is 0 Å². The van der Waals surface area contributed by atoms with Crippen molar-refractivity contribution in [3.63, 3.8) is 0 Å². The van der Waals surface area contributed by atoms with E-state index >= 15 is 0 Å². The highest BCUT2D eigenvalue weighted by molar-refractivity contribution is 8.00. The zero-order valence-electron chi connectivity index (χ0n) is 7.23. The van der Waals surface area contributed by atoms with E-state index in [4.69, 9.17) is 10.2 Å². The molecule has 0 saturated carbocycles. The third-order valence-corrected chi connectivity index (χ3v) is 3.25. The van der Waals surface area contributed by atoms with E-state index in [0.717, 1.165) is 11.8 Å². The maximum absolute atomic E-state index is 12.0. The first-order chi connectivity index (χ1) is 6.93. The molecule has 1 heterocycles. The van der Waals surface area contributed by atoms with Gasteiger partial charge in [-0.05, 0) is 11.5 Å². The second-order valence-electron chi connectivity index (χ2n) is 2.53. The van der Waals surface area contributed by atoms with E-state index in [-0.39, 0.29) is 10.1 Å². The highest BCUT2D eigenvalue weighted by Crippen LogP contribution is 2.30. The Hall–Kier alpha value is -0.380. The predicted octanol–water partition coefficient (Wildman–Crippen LogP) is 1.00. The normalized spacial score (nSPS) is 14.2. The Balaban J connectivity index is 2.54. The molecule has 0 spiro atoms. The van der Waals surface area contributed by atoms with Crippen LogP contribution in [-0.4, -0.2) is 38.0 Å². The number of nitrogens with zero attached hydrogens (tertiary/aromatic N) is 2. The van der Waals surface area contributed by atoms with Crippen molar-refractivity contribution in [2.24, 2.45) is 0 Å². The van der Waals surface area contributed by atoms with Gasteiger partial charge >= 0.3 is 6.18 Å². The van der Waals surface area contributed by atoms with Crippen LogP contribution in [0.25, 0.3) is 0 Å². The molecule has 0 aliphatic rings. The molecule has 1 atom stereocenters. The van der Waals surface area contributed by atoms with Gasteiger partial charge in [0.2, 0.25) is 5.82 Å². The molecule has 86 valence electrons. The van der Waals surface area contributed by atoms with Gasteiger partial charge < -0.3 is 10.2 Å². The topological polar surface area (TPSA) is 66.2 Å². The van der Waals surface area contributed by atoms with Crippen molar-refractivity contribution < 1.29 is 23.4 Å². The van der Waals surface area contributed by atoms with Gasteiger partial charge in [-0.15, -0.1) is 0 Å². The molecule has 0 bridgehead atoms. The van der Waals surface area contributed by atoms with Crippen LogP contribution in [-0.2, 0) is 6.18 Å². The maximum Gasteiger partial charge on any atom is 0.452 e. The molecule has 0 aromatic carbocycles. The van der Waals surface area contributed by atoms with Crippen molar-refractivity contribution in [1.29, 1.82) is 0 Å². The van der Waals surface area contributed by atoms with Crippen molar-refractivity contribution in [3.8, 4) is 0 Å². The average molecular weight is 260 g/mol. The molecule has 1 aromatic heterocycles. The molecular formula is C6H7F3N2O2S2. The van der Waals surface area contributed by atoms with E-state index in [1.807, 2.05) is 0 Å². The van der Waals surface area contributed by atoms with E-state index in [2.05, 4.69) is 9.36 Å². The SMILES string of the molecule is OCC(O)CSc1nc(C(F)(F)F)ns1. The van der Waals surface area contributed by atoms with Crippen LogP contribution in [0.15, 0.2) is 4.34 Å². The number of hydrogen-bond acceptors (Lipinski definition) is 6. The van der Waals surface area contributed by atoms with Gasteiger partial charge in [-0.1, -0.05) is 11.8 Å². The molecule has 4 nitrogen and oxygen atoms in total.